The number of rotatable bonds is 9. The highest BCUT2D eigenvalue weighted by Gasteiger charge is 2.22. The second kappa shape index (κ2) is 11.5. The van der Waals surface area contributed by atoms with Gasteiger partial charge in [0.15, 0.2) is 11.6 Å². The summed E-state index contributed by atoms with van der Waals surface area (Å²) in [6, 6.07) is 9.35. The van der Waals surface area contributed by atoms with Crippen molar-refractivity contribution in [3.05, 3.63) is 64.3 Å². The number of fused-ring (bicyclic) bond motifs is 1. The minimum absolute atomic E-state index is 0.0346. The van der Waals surface area contributed by atoms with Crippen LogP contribution in [-0.2, 0) is 11.3 Å². The highest BCUT2D eigenvalue weighted by atomic mass is 19.3. The van der Waals surface area contributed by atoms with Crippen LogP contribution in [0.1, 0.15) is 36.9 Å². The van der Waals surface area contributed by atoms with Crippen LogP contribution < -0.4 is 15.6 Å². The standard InChI is InChI=1S/C27H30F2N6O4/c1-16-11-24(33-35(26(16)37)9-10-38-27(28)29)31-25-14-19-13-18(7-8-34(19)32-25)22-12-17(2)30-15-23(22)39-21-5-3-20(36)4-6-21/h7-8,11-15,20-21,27,36H,3-6,9-10H2,1-2H3,(H,31,32,33). The molecule has 0 bridgehead atoms. The average Bonchev–Trinajstić information content (AvgIpc) is 3.30. The largest absolute Gasteiger partial charge is 0.488 e. The van der Waals surface area contributed by atoms with Crippen LogP contribution in [0.15, 0.2) is 47.5 Å². The van der Waals surface area contributed by atoms with E-state index in [-0.39, 0.29) is 30.9 Å². The van der Waals surface area contributed by atoms with Crippen molar-refractivity contribution in [2.75, 3.05) is 11.9 Å². The van der Waals surface area contributed by atoms with Gasteiger partial charge in [-0.25, -0.2) is 9.20 Å². The van der Waals surface area contributed by atoms with E-state index in [0.29, 0.717) is 22.9 Å². The summed E-state index contributed by atoms with van der Waals surface area (Å²) < 4.78 is 38.0. The SMILES string of the molecule is Cc1cc(-c2ccn3nc(Nc4cc(C)c(=O)n(CCOC(F)F)n4)cc3c2)c(OC2CCC(O)CC2)cn1. The van der Waals surface area contributed by atoms with Crippen LogP contribution in [0.5, 0.6) is 5.75 Å². The molecule has 0 radical (unpaired) electrons. The minimum Gasteiger partial charge on any atom is -0.488 e. The third-order valence-corrected chi connectivity index (χ3v) is 6.67. The van der Waals surface area contributed by atoms with Gasteiger partial charge in [0.25, 0.3) is 5.56 Å². The lowest BCUT2D eigenvalue weighted by molar-refractivity contribution is -0.131. The fourth-order valence-corrected chi connectivity index (χ4v) is 4.68. The summed E-state index contributed by atoms with van der Waals surface area (Å²) in [6.45, 7) is 0.198. The predicted molar refractivity (Wildman–Crippen MR) is 141 cm³/mol. The number of anilines is 2. The summed E-state index contributed by atoms with van der Waals surface area (Å²) in [7, 11) is 0. The van der Waals surface area contributed by atoms with E-state index in [1.165, 1.54) is 0 Å². The van der Waals surface area contributed by atoms with Crippen molar-refractivity contribution in [1.82, 2.24) is 24.4 Å². The Balaban J connectivity index is 1.38. The number of pyridine rings is 2. The number of aromatic nitrogens is 5. The predicted octanol–water partition coefficient (Wildman–Crippen LogP) is 4.23. The molecular formula is C27H30F2N6O4. The lowest BCUT2D eigenvalue weighted by atomic mass is 9.95. The van der Waals surface area contributed by atoms with Gasteiger partial charge in [0.2, 0.25) is 0 Å². The molecule has 1 aliphatic rings. The number of halogens is 2. The van der Waals surface area contributed by atoms with Crippen LogP contribution in [0.4, 0.5) is 20.4 Å². The van der Waals surface area contributed by atoms with Crippen LogP contribution in [0.3, 0.4) is 0 Å². The first-order chi connectivity index (χ1) is 18.7. The van der Waals surface area contributed by atoms with Crippen LogP contribution in [-0.4, -0.2) is 54.9 Å². The van der Waals surface area contributed by atoms with E-state index in [1.54, 1.807) is 23.7 Å². The zero-order valence-corrected chi connectivity index (χ0v) is 21.7. The highest BCUT2D eigenvalue weighted by molar-refractivity contribution is 5.75. The summed E-state index contributed by atoms with van der Waals surface area (Å²) >= 11 is 0. The Bertz CT molecular complexity index is 1510. The molecule has 1 aliphatic carbocycles. The maximum absolute atomic E-state index is 12.3. The lowest BCUT2D eigenvalue weighted by Crippen LogP contribution is -2.27. The zero-order valence-electron chi connectivity index (χ0n) is 21.7. The number of ether oxygens (including phenoxy) is 2. The first-order valence-corrected chi connectivity index (χ1v) is 12.8. The molecule has 39 heavy (non-hydrogen) atoms. The van der Waals surface area contributed by atoms with Gasteiger partial charge in [-0.2, -0.15) is 19.0 Å². The van der Waals surface area contributed by atoms with Gasteiger partial charge in [-0.3, -0.25) is 9.78 Å². The van der Waals surface area contributed by atoms with Gasteiger partial charge in [-0.15, -0.1) is 0 Å². The molecule has 0 spiro atoms. The van der Waals surface area contributed by atoms with Gasteiger partial charge in [-0.05, 0) is 69.4 Å². The molecule has 12 heteroatoms. The number of aryl methyl sites for hydroxylation is 2. The van der Waals surface area contributed by atoms with Gasteiger partial charge < -0.3 is 19.9 Å². The quantitative estimate of drug-likeness (QED) is 0.324. The summed E-state index contributed by atoms with van der Waals surface area (Å²) in [5, 5.41) is 21.7. The van der Waals surface area contributed by atoms with Crippen molar-refractivity contribution >= 4 is 17.2 Å². The Labute approximate surface area is 223 Å². The summed E-state index contributed by atoms with van der Waals surface area (Å²) in [6.07, 6.45) is 6.42. The monoisotopic (exact) mass is 540 g/mol. The van der Waals surface area contributed by atoms with E-state index in [4.69, 9.17) is 4.74 Å². The molecule has 0 unspecified atom stereocenters. The van der Waals surface area contributed by atoms with E-state index in [2.05, 4.69) is 25.2 Å². The molecule has 0 aromatic carbocycles. The molecule has 0 saturated heterocycles. The fraction of sp³-hybridized carbons (Fsp3) is 0.407. The highest BCUT2D eigenvalue weighted by Crippen LogP contribution is 2.34. The van der Waals surface area contributed by atoms with Crippen LogP contribution in [0, 0.1) is 13.8 Å². The number of hydrogen-bond acceptors (Lipinski definition) is 8. The second-order valence-corrected chi connectivity index (χ2v) is 9.68. The van der Waals surface area contributed by atoms with Crippen LogP contribution in [0.25, 0.3) is 16.6 Å². The molecule has 10 nitrogen and oxygen atoms in total. The summed E-state index contributed by atoms with van der Waals surface area (Å²) in [4.78, 5) is 16.8. The third kappa shape index (κ3) is 6.40. The topological polar surface area (TPSA) is 116 Å². The van der Waals surface area contributed by atoms with E-state index < -0.39 is 6.61 Å². The molecule has 0 amide bonds. The Morgan fingerprint density at radius 3 is 2.64 bits per heavy atom. The number of nitrogens with zero attached hydrogens (tertiary/aromatic N) is 5. The molecule has 5 rings (SSSR count). The lowest BCUT2D eigenvalue weighted by Gasteiger charge is -2.27. The molecule has 0 atom stereocenters. The van der Waals surface area contributed by atoms with Gasteiger partial charge in [0.1, 0.15) is 5.75 Å². The molecule has 4 aromatic rings. The Morgan fingerprint density at radius 2 is 1.87 bits per heavy atom. The number of aliphatic hydroxyl groups is 1. The van der Waals surface area contributed by atoms with E-state index in [0.717, 1.165) is 52.7 Å². The Kier molecular flexibility index (Phi) is 7.84. The molecule has 206 valence electrons. The molecule has 0 aliphatic heterocycles. The summed E-state index contributed by atoms with van der Waals surface area (Å²) in [5.74, 6) is 1.55. The first-order valence-electron chi connectivity index (χ1n) is 12.8. The molecule has 4 aromatic heterocycles. The number of nitrogens with one attached hydrogen (secondary N) is 1. The van der Waals surface area contributed by atoms with Gasteiger partial charge in [0.05, 0.1) is 37.1 Å². The maximum atomic E-state index is 12.3. The molecular weight excluding hydrogens is 510 g/mol. The van der Waals surface area contributed by atoms with Crippen molar-refractivity contribution in [2.24, 2.45) is 0 Å². The first kappa shape index (κ1) is 26.7. The molecule has 2 N–H and O–H groups in total. The third-order valence-electron chi connectivity index (χ3n) is 6.67. The van der Waals surface area contributed by atoms with E-state index in [9.17, 15) is 18.7 Å². The minimum atomic E-state index is -2.91. The normalized spacial score (nSPS) is 17.6. The van der Waals surface area contributed by atoms with Crippen molar-refractivity contribution in [1.29, 1.82) is 0 Å². The Hall–Kier alpha value is -3.90. The maximum Gasteiger partial charge on any atom is 0.345 e. The fourth-order valence-electron chi connectivity index (χ4n) is 4.68. The van der Waals surface area contributed by atoms with E-state index in [1.807, 2.05) is 37.4 Å². The molecule has 4 heterocycles. The molecule has 1 fully saturated rings. The average molecular weight is 541 g/mol. The van der Waals surface area contributed by atoms with E-state index >= 15 is 0 Å². The van der Waals surface area contributed by atoms with Gasteiger partial charge in [0, 0.05) is 29.1 Å². The van der Waals surface area contributed by atoms with Crippen LogP contribution in [0.2, 0.25) is 0 Å². The summed E-state index contributed by atoms with van der Waals surface area (Å²) in [5.41, 5.74) is 3.56. The van der Waals surface area contributed by atoms with Crippen molar-refractivity contribution in [3.63, 3.8) is 0 Å². The van der Waals surface area contributed by atoms with Gasteiger partial charge in [-0.1, -0.05) is 0 Å². The van der Waals surface area contributed by atoms with Crippen molar-refractivity contribution < 1.29 is 23.4 Å². The number of hydrogen-bond donors (Lipinski definition) is 2. The van der Waals surface area contributed by atoms with Crippen molar-refractivity contribution in [3.8, 4) is 16.9 Å². The Morgan fingerprint density at radius 1 is 1.10 bits per heavy atom. The van der Waals surface area contributed by atoms with Crippen LogP contribution >= 0.6 is 0 Å². The van der Waals surface area contributed by atoms with Crippen molar-refractivity contribution in [2.45, 2.75) is 64.9 Å². The van der Waals surface area contributed by atoms with Gasteiger partial charge >= 0.3 is 6.61 Å². The molecule has 1 saturated carbocycles. The number of aliphatic hydroxyl groups excluding tert-OH is 1. The number of alkyl halides is 2. The smallest absolute Gasteiger partial charge is 0.345 e. The zero-order chi connectivity index (χ0) is 27.5. The second-order valence-electron chi connectivity index (χ2n) is 9.68.